The summed E-state index contributed by atoms with van der Waals surface area (Å²) in [6, 6.07) is 2.05. The topological polar surface area (TPSA) is 63.2 Å². The molecular weight excluding hydrogens is 390 g/mol. The molecule has 1 unspecified atom stereocenters. The minimum Gasteiger partial charge on any atom is -0.370 e. The Labute approximate surface area is 173 Å². The van der Waals surface area contributed by atoms with Crippen molar-refractivity contribution in [2.75, 3.05) is 19.7 Å². The molecule has 3 aliphatic rings. The van der Waals surface area contributed by atoms with E-state index in [9.17, 15) is 4.79 Å². The fraction of sp³-hybridized carbons (Fsp3) is 0.619. The highest BCUT2D eigenvalue weighted by atomic mass is 32.1. The first-order chi connectivity index (χ1) is 13.6. The number of thiophene rings is 1. The third-order valence-corrected chi connectivity index (χ3v) is 8.76. The van der Waals surface area contributed by atoms with Crippen molar-refractivity contribution in [1.82, 2.24) is 15.6 Å². The zero-order chi connectivity index (χ0) is 19.1. The summed E-state index contributed by atoms with van der Waals surface area (Å²) >= 11 is 3.42. The van der Waals surface area contributed by atoms with Crippen molar-refractivity contribution in [3.05, 3.63) is 37.0 Å². The first kappa shape index (κ1) is 18.7. The molecule has 2 aromatic rings. The molecule has 0 bridgehead atoms. The summed E-state index contributed by atoms with van der Waals surface area (Å²) in [4.78, 5) is 21.3. The van der Waals surface area contributed by atoms with Crippen molar-refractivity contribution >= 4 is 28.6 Å². The molecule has 2 N–H and O–H groups in total. The zero-order valence-corrected chi connectivity index (χ0v) is 17.9. The SMILES string of the molecule is CC(NC(=O)c1cc2c(s1)CCOC21CCNCC1)c1nc2c(s1)CCCC2. The number of aryl methyl sites for hydroxylation is 2. The van der Waals surface area contributed by atoms with Gasteiger partial charge in [-0.15, -0.1) is 22.7 Å². The fourth-order valence-electron chi connectivity index (χ4n) is 4.66. The van der Waals surface area contributed by atoms with E-state index in [1.807, 2.05) is 6.92 Å². The highest BCUT2D eigenvalue weighted by Gasteiger charge is 2.40. The molecule has 5 rings (SSSR count). The van der Waals surface area contributed by atoms with Gasteiger partial charge < -0.3 is 15.4 Å². The minimum atomic E-state index is -0.187. The Kier molecular flexibility index (Phi) is 5.03. The number of nitrogens with zero attached hydrogens (tertiary/aromatic N) is 1. The second-order valence-corrected chi connectivity index (χ2v) is 10.4. The largest absolute Gasteiger partial charge is 0.370 e. The van der Waals surface area contributed by atoms with E-state index in [1.165, 1.54) is 33.9 Å². The standard InChI is InChI=1S/C21H27N3O2S2/c1-13(20-24-15-4-2-3-5-17(15)28-20)23-19(25)18-12-14-16(27-18)6-11-26-21(14)7-9-22-10-8-21/h12-13,22H,2-11H2,1H3,(H,23,25). The van der Waals surface area contributed by atoms with E-state index < -0.39 is 0 Å². The van der Waals surface area contributed by atoms with Crippen LogP contribution >= 0.6 is 22.7 Å². The Balaban J connectivity index is 1.34. The molecule has 0 aromatic carbocycles. The number of piperidine rings is 1. The molecule has 5 nitrogen and oxygen atoms in total. The molecule has 1 saturated heterocycles. The average molecular weight is 418 g/mol. The van der Waals surface area contributed by atoms with Gasteiger partial charge in [0.15, 0.2) is 0 Å². The second-order valence-electron chi connectivity index (χ2n) is 8.11. The van der Waals surface area contributed by atoms with Crippen LogP contribution < -0.4 is 10.6 Å². The molecule has 150 valence electrons. The van der Waals surface area contributed by atoms with Crippen molar-refractivity contribution in [3.63, 3.8) is 0 Å². The average Bonchev–Trinajstić information content (AvgIpc) is 3.34. The van der Waals surface area contributed by atoms with E-state index >= 15 is 0 Å². The maximum atomic E-state index is 13.0. The fourth-order valence-corrected chi connectivity index (χ4v) is 6.95. The molecule has 28 heavy (non-hydrogen) atoms. The maximum absolute atomic E-state index is 13.0. The second kappa shape index (κ2) is 7.52. The van der Waals surface area contributed by atoms with E-state index in [4.69, 9.17) is 9.72 Å². The smallest absolute Gasteiger partial charge is 0.261 e. The summed E-state index contributed by atoms with van der Waals surface area (Å²) in [6.07, 6.45) is 7.60. The Morgan fingerprint density at radius 2 is 2.04 bits per heavy atom. The Hall–Kier alpha value is -1.28. The van der Waals surface area contributed by atoms with Crippen LogP contribution in [0.25, 0.3) is 0 Å². The van der Waals surface area contributed by atoms with Gasteiger partial charge in [-0.05, 0) is 70.2 Å². The van der Waals surface area contributed by atoms with Crippen molar-refractivity contribution in [2.24, 2.45) is 0 Å². The van der Waals surface area contributed by atoms with Gasteiger partial charge in [-0.3, -0.25) is 4.79 Å². The van der Waals surface area contributed by atoms with Crippen LogP contribution in [-0.4, -0.2) is 30.6 Å². The van der Waals surface area contributed by atoms with Crippen LogP contribution in [-0.2, 0) is 29.6 Å². The van der Waals surface area contributed by atoms with Gasteiger partial charge in [-0.25, -0.2) is 4.98 Å². The summed E-state index contributed by atoms with van der Waals surface area (Å²) in [7, 11) is 0. The van der Waals surface area contributed by atoms with E-state index in [0.717, 1.165) is 61.7 Å². The zero-order valence-electron chi connectivity index (χ0n) is 16.3. The first-order valence-electron chi connectivity index (χ1n) is 10.4. The Morgan fingerprint density at radius 3 is 2.86 bits per heavy atom. The summed E-state index contributed by atoms with van der Waals surface area (Å²) < 4.78 is 6.25. The van der Waals surface area contributed by atoms with Gasteiger partial charge >= 0.3 is 0 Å². The quantitative estimate of drug-likeness (QED) is 0.799. The molecular formula is C21H27N3O2S2. The molecule has 0 radical (unpaired) electrons. The van der Waals surface area contributed by atoms with Gasteiger partial charge in [0.1, 0.15) is 5.01 Å². The molecule has 1 fully saturated rings. The van der Waals surface area contributed by atoms with E-state index in [0.29, 0.717) is 0 Å². The number of carbonyl (C=O) groups excluding carboxylic acids is 1. The lowest BCUT2D eigenvalue weighted by Crippen LogP contribution is -2.44. The molecule has 1 aliphatic carbocycles. The number of amides is 1. The highest BCUT2D eigenvalue weighted by Crippen LogP contribution is 2.43. The van der Waals surface area contributed by atoms with Crippen molar-refractivity contribution < 1.29 is 9.53 Å². The molecule has 1 spiro atoms. The van der Waals surface area contributed by atoms with Crippen molar-refractivity contribution in [2.45, 2.75) is 63.5 Å². The molecule has 2 aromatic heterocycles. The van der Waals surface area contributed by atoms with Gasteiger partial charge in [0.2, 0.25) is 0 Å². The predicted octanol–water partition coefficient (Wildman–Crippen LogP) is 3.73. The number of nitrogens with one attached hydrogen (secondary N) is 2. The number of hydrogen-bond acceptors (Lipinski definition) is 6. The Morgan fingerprint density at radius 1 is 1.21 bits per heavy atom. The molecule has 4 heterocycles. The number of hydrogen-bond donors (Lipinski definition) is 2. The summed E-state index contributed by atoms with van der Waals surface area (Å²) in [5.41, 5.74) is 2.32. The van der Waals surface area contributed by atoms with E-state index in [2.05, 4.69) is 16.7 Å². The van der Waals surface area contributed by atoms with Gasteiger partial charge in [0.25, 0.3) is 5.91 Å². The molecule has 7 heteroatoms. The minimum absolute atomic E-state index is 0.0177. The predicted molar refractivity (Wildman–Crippen MR) is 112 cm³/mol. The lowest BCUT2D eigenvalue weighted by Gasteiger charge is -2.40. The Bertz CT molecular complexity index is 859. The van der Waals surface area contributed by atoms with Crippen molar-refractivity contribution in [3.8, 4) is 0 Å². The first-order valence-corrected chi connectivity index (χ1v) is 12.1. The van der Waals surface area contributed by atoms with Crippen LogP contribution in [0.4, 0.5) is 0 Å². The lowest BCUT2D eigenvalue weighted by molar-refractivity contribution is -0.0792. The van der Waals surface area contributed by atoms with Crippen LogP contribution in [0.2, 0.25) is 0 Å². The van der Waals surface area contributed by atoms with Crippen LogP contribution in [0.15, 0.2) is 6.07 Å². The number of ether oxygens (including phenoxy) is 1. The number of fused-ring (bicyclic) bond motifs is 3. The van der Waals surface area contributed by atoms with Crippen LogP contribution in [0, 0.1) is 0 Å². The summed E-state index contributed by atoms with van der Waals surface area (Å²) in [5, 5.41) is 7.65. The summed E-state index contributed by atoms with van der Waals surface area (Å²) in [5.74, 6) is 0.0177. The number of rotatable bonds is 3. The number of thiazole rings is 1. The lowest BCUT2D eigenvalue weighted by atomic mass is 9.83. The van der Waals surface area contributed by atoms with Gasteiger partial charge in [-0.2, -0.15) is 0 Å². The highest BCUT2D eigenvalue weighted by molar-refractivity contribution is 7.14. The third-order valence-electron chi connectivity index (χ3n) is 6.22. The van der Waals surface area contributed by atoms with Crippen LogP contribution in [0.5, 0.6) is 0 Å². The molecule has 1 atom stereocenters. The molecule has 0 saturated carbocycles. The van der Waals surface area contributed by atoms with Gasteiger partial charge in [-0.1, -0.05) is 0 Å². The monoisotopic (exact) mass is 417 g/mol. The normalized spacial score (nSPS) is 21.8. The molecule has 2 aliphatic heterocycles. The van der Waals surface area contributed by atoms with Crippen LogP contribution in [0.1, 0.15) is 74.3 Å². The van der Waals surface area contributed by atoms with E-state index in [-0.39, 0.29) is 17.6 Å². The van der Waals surface area contributed by atoms with Crippen molar-refractivity contribution in [1.29, 1.82) is 0 Å². The summed E-state index contributed by atoms with van der Waals surface area (Å²) in [6.45, 7) is 4.76. The van der Waals surface area contributed by atoms with Gasteiger partial charge in [0.05, 0.1) is 28.8 Å². The maximum Gasteiger partial charge on any atom is 0.261 e. The number of carbonyl (C=O) groups is 1. The van der Waals surface area contributed by atoms with Crippen LogP contribution in [0.3, 0.4) is 0 Å². The molecule has 1 amide bonds. The van der Waals surface area contributed by atoms with E-state index in [1.54, 1.807) is 22.7 Å². The number of aromatic nitrogens is 1. The third kappa shape index (κ3) is 3.32. The van der Waals surface area contributed by atoms with Gasteiger partial charge in [0, 0.05) is 16.2 Å².